The Morgan fingerprint density at radius 2 is 1.43 bits per heavy atom. The zero-order chi connectivity index (χ0) is 35.3. The maximum atomic E-state index is 14.2. The third kappa shape index (κ3) is 11.6. The van der Waals surface area contributed by atoms with Gasteiger partial charge >= 0.3 is 0 Å². The Labute approximate surface area is 293 Å². The summed E-state index contributed by atoms with van der Waals surface area (Å²) < 4.78 is 12.7. The summed E-state index contributed by atoms with van der Waals surface area (Å²) in [6, 6.07) is 25.5. The van der Waals surface area contributed by atoms with E-state index in [0.717, 1.165) is 40.8 Å². The highest BCUT2D eigenvalue weighted by molar-refractivity contribution is 5.89. The van der Waals surface area contributed by atoms with Gasteiger partial charge in [0.2, 0.25) is 5.91 Å². The van der Waals surface area contributed by atoms with Crippen LogP contribution in [0.5, 0.6) is 5.75 Å². The van der Waals surface area contributed by atoms with Gasteiger partial charge in [-0.3, -0.25) is 14.4 Å². The molecular weight excluding hydrogens is 612 g/mol. The number of rotatable bonds is 18. The number of piperidine rings is 1. The van der Waals surface area contributed by atoms with E-state index in [1.807, 2.05) is 101 Å². The number of para-hydroxylation sites is 1. The van der Waals surface area contributed by atoms with Crippen LogP contribution in [0.15, 0.2) is 78.9 Å². The third-order valence-electron chi connectivity index (χ3n) is 9.38. The van der Waals surface area contributed by atoms with Crippen molar-refractivity contribution in [1.29, 1.82) is 0 Å². The van der Waals surface area contributed by atoms with Crippen molar-refractivity contribution in [3.63, 3.8) is 0 Å². The number of nitrogens with zero attached hydrogens (tertiary/aromatic N) is 1. The average molecular weight is 669 g/mol. The van der Waals surface area contributed by atoms with Crippen LogP contribution in [0.25, 0.3) is 0 Å². The van der Waals surface area contributed by atoms with Crippen LogP contribution in [0.1, 0.15) is 82.1 Å². The summed E-state index contributed by atoms with van der Waals surface area (Å²) in [5.41, 5.74) is 4.19. The minimum atomic E-state index is -0.447. The lowest BCUT2D eigenvalue weighted by Crippen LogP contribution is -2.51. The van der Waals surface area contributed by atoms with Gasteiger partial charge < -0.3 is 19.7 Å². The Morgan fingerprint density at radius 3 is 2.00 bits per heavy atom. The molecule has 2 amide bonds. The molecule has 0 unspecified atom stereocenters. The summed E-state index contributed by atoms with van der Waals surface area (Å²) in [6.07, 6.45) is 3.96. The number of hydrogen-bond acceptors (Lipinski definition) is 5. The summed E-state index contributed by atoms with van der Waals surface area (Å²) >= 11 is 0. The van der Waals surface area contributed by atoms with Crippen LogP contribution in [0, 0.1) is 25.7 Å². The molecule has 1 heterocycles. The maximum Gasteiger partial charge on any atom is 0.258 e. The van der Waals surface area contributed by atoms with Gasteiger partial charge in [0.25, 0.3) is 5.91 Å². The number of carbonyl (C=O) groups is 3. The van der Waals surface area contributed by atoms with Crippen LogP contribution in [0.3, 0.4) is 0 Å². The second kappa shape index (κ2) is 18.7. The lowest BCUT2D eigenvalue weighted by Gasteiger charge is -2.37. The van der Waals surface area contributed by atoms with Gasteiger partial charge in [0.05, 0.1) is 24.3 Å². The van der Waals surface area contributed by atoms with Crippen molar-refractivity contribution < 1.29 is 23.9 Å². The molecule has 0 radical (unpaired) electrons. The Hall–Kier alpha value is -3.97. The second-order valence-electron chi connectivity index (χ2n) is 14.3. The Balaban J connectivity index is 1.61. The molecule has 4 rings (SSSR count). The van der Waals surface area contributed by atoms with Gasteiger partial charge in [0, 0.05) is 19.4 Å². The molecule has 1 aliphatic rings. The van der Waals surface area contributed by atoms with Crippen molar-refractivity contribution in [1.82, 2.24) is 10.2 Å². The molecule has 0 aromatic heterocycles. The van der Waals surface area contributed by atoms with Gasteiger partial charge in [-0.1, -0.05) is 92.7 Å². The number of aryl methyl sites for hydroxylation is 2. The quantitative estimate of drug-likeness (QED) is 0.152. The summed E-state index contributed by atoms with van der Waals surface area (Å²) in [6.45, 7) is 12.6. The van der Waals surface area contributed by atoms with Crippen LogP contribution < -0.4 is 10.1 Å². The number of benzene rings is 3. The number of carbonyl (C=O) groups excluding carboxylic acids is 3. The van der Waals surface area contributed by atoms with Crippen LogP contribution >= 0.6 is 0 Å². The van der Waals surface area contributed by atoms with Crippen molar-refractivity contribution in [2.45, 2.75) is 111 Å². The van der Waals surface area contributed by atoms with Crippen LogP contribution in [0.2, 0.25) is 0 Å². The van der Waals surface area contributed by atoms with Gasteiger partial charge in [-0.2, -0.15) is 0 Å². The first-order chi connectivity index (χ1) is 23.5. The summed E-state index contributed by atoms with van der Waals surface area (Å²) in [5.74, 6) is 0.617. The number of nitrogens with one attached hydrogen (secondary N) is 1. The molecule has 0 spiro atoms. The zero-order valence-electron chi connectivity index (χ0n) is 30.3. The SMILES string of the molecule is Cc1cccc(C)c1OCC(=O)N[C@@H](Cc1ccccc1)[C@H](C[C@@H](CC(=O)[C@H](C(C)C)N1CCCCC1=O)Cc1ccccc1)OC(C)C. The molecule has 3 aromatic carbocycles. The van der Waals surface area contributed by atoms with E-state index < -0.39 is 6.04 Å². The number of hydrogen-bond donors (Lipinski definition) is 1. The van der Waals surface area contributed by atoms with Crippen molar-refractivity contribution in [2.75, 3.05) is 13.2 Å². The normalized spacial score (nSPS) is 15.9. The molecule has 0 bridgehead atoms. The fourth-order valence-electron chi connectivity index (χ4n) is 7.17. The minimum absolute atomic E-state index is 0.0108. The first kappa shape index (κ1) is 37.8. The number of ketones is 1. The van der Waals surface area contributed by atoms with Gasteiger partial charge in [0.1, 0.15) is 5.75 Å². The molecule has 7 heteroatoms. The first-order valence-corrected chi connectivity index (χ1v) is 18.1. The Bertz CT molecular complexity index is 1470. The Morgan fingerprint density at radius 1 is 0.816 bits per heavy atom. The van der Waals surface area contributed by atoms with E-state index in [9.17, 15) is 14.4 Å². The molecule has 0 aliphatic carbocycles. The largest absolute Gasteiger partial charge is 0.483 e. The van der Waals surface area contributed by atoms with E-state index in [-0.39, 0.29) is 54.3 Å². The first-order valence-electron chi connectivity index (χ1n) is 18.1. The predicted octanol–water partition coefficient (Wildman–Crippen LogP) is 7.45. The fourth-order valence-corrected chi connectivity index (χ4v) is 7.17. The van der Waals surface area contributed by atoms with Crippen LogP contribution in [-0.2, 0) is 32.0 Å². The molecule has 3 aromatic rings. The molecule has 1 aliphatic heterocycles. The molecule has 49 heavy (non-hydrogen) atoms. The number of ether oxygens (including phenoxy) is 2. The second-order valence-corrected chi connectivity index (χ2v) is 14.3. The monoisotopic (exact) mass is 668 g/mol. The third-order valence-corrected chi connectivity index (χ3v) is 9.38. The lowest BCUT2D eigenvalue weighted by atomic mass is 9.83. The molecule has 1 fully saturated rings. The van der Waals surface area contributed by atoms with E-state index in [4.69, 9.17) is 9.47 Å². The molecule has 1 N–H and O–H groups in total. The van der Waals surface area contributed by atoms with Crippen molar-refractivity contribution in [3.05, 3.63) is 101 Å². The number of likely N-dealkylation sites (tertiary alicyclic amines) is 1. The molecule has 7 nitrogen and oxygen atoms in total. The van der Waals surface area contributed by atoms with E-state index in [0.29, 0.717) is 38.6 Å². The van der Waals surface area contributed by atoms with Gasteiger partial charge in [0.15, 0.2) is 12.4 Å². The summed E-state index contributed by atoms with van der Waals surface area (Å²) in [7, 11) is 0. The van der Waals surface area contributed by atoms with Crippen LogP contribution in [0.4, 0.5) is 0 Å². The van der Waals surface area contributed by atoms with Gasteiger partial charge in [-0.25, -0.2) is 0 Å². The summed E-state index contributed by atoms with van der Waals surface area (Å²) in [4.78, 5) is 42.6. The van der Waals surface area contributed by atoms with E-state index >= 15 is 0 Å². The topological polar surface area (TPSA) is 84.9 Å². The molecular formula is C42H56N2O5. The highest BCUT2D eigenvalue weighted by atomic mass is 16.5. The van der Waals surface area contributed by atoms with E-state index in [1.165, 1.54) is 0 Å². The minimum Gasteiger partial charge on any atom is -0.483 e. The number of Topliss-reactive ketones (excluding diaryl/α,β-unsaturated/α-hetero) is 1. The zero-order valence-corrected chi connectivity index (χ0v) is 30.3. The molecule has 1 saturated heterocycles. The predicted molar refractivity (Wildman–Crippen MR) is 196 cm³/mol. The Kier molecular flexibility index (Phi) is 14.4. The molecule has 0 saturated carbocycles. The lowest BCUT2D eigenvalue weighted by molar-refractivity contribution is -0.143. The maximum absolute atomic E-state index is 14.2. The van der Waals surface area contributed by atoms with Gasteiger partial charge in [-0.15, -0.1) is 0 Å². The standard InChI is InChI=1S/C42H56N2O5/c1-29(2)41(44-23-14-13-22-40(44)47)37(45)26-35(24-33-18-9-7-10-19-33)27-38(49-30(3)4)36(25-34-20-11-8-12-21-34)43-39(46)28-48-42-31(5)16-15-17-32(42)6/h7-12,15-21,29-30,35-36,38,41H,13-14,22-28H2,1-6H3,(H,43,46)/t35-,36+,38+,41+/m1/s1. The van der Waals surface area contributed by atoms with Gasteiger partial charge in [-0.05, 0) is 93.9 Å². The van der Waals surface area contributed by atoms with E-state index in [1.54, 1.807) is 0 Å². The average Bonchev–Trinajstić information content (AvgIpc) is 3.05. The molecule has 4 atom stereocenters. The fraction of sp³-hybridized carbons (Fsp3) is 0.500. The highest BCUT2D eigenvalue weighted by Crippen LogP contribution is 2.28. The van der Waals surface area contributed by atoms with Crippen LogP contribution in [-0.4, -0.2) is 59.9 Å². The smallest absolute Gasteiger partial charge is 0.258 e. The highest BCUT2D eigenvalue weighted by Gasteiger charge is 2.36. The van der Waals surface area contributed by atoms with E-state index in [2.05, 4.69) is 29.6 Å². The van der Waals surface area contributed by atoms with Crippen molar-refractivity contribution in [3.8, 4) is 5.75 Å². The van der Waals surface area contributed by atoms with Crippen molar-refractivity contribution >= 4 is 17.6 Å². The van der Waals surface area contributed by atoms with Crippen molar-refractivity contribution in [2.24, 2.45) is 11.8 Å². The molecule has 264 valence electrons. The number of amides is 2. The summed E-state index contributed by atoms with van der Waals surface area (Å²) in [5, 5.41) is 3.27.